The van der Waals surface area contributed by atoms with Crippen molar-refractivity contribution < 1.29 is 14.3 Å². The fourth-order valence-corrected chi connectivity index (χ4v) is 4.56. The molecule has 2 heterocycles. The molecule has 2 aromatic carbocycles. The molecule has 1 N–H and O–H groups in total. The van der Waals surface area contributed by atoms with Gasteiger partial charge >= 0.3 is 5.97 Å². The Balaban J connectivity index is 1.57. The zero-order valence-electron chi connectivity index (χ0n) is 17.9. The number of aryl methyl sites for hydroxylation is 1. The van der Waals surface area contributed by atoms with E-state index in [1.165, 1.54) is 10.9 Å². The van der Waals surface area contributed by atoms with Crippen LogP contribution in [0.4, 0.5) is 5.69 Å². The lowest BCUT2D eigenvalue weighted by Gasteiger charge is -2.14. The summed E-state index contributed by atoms with van der Waals surface area (Å²) in [4.78, 5) is 43.7. The standard InChI is InChI=1S/C24H20ClN3O4S/c1-14-19-22(33-20(14)21(29)27-17-9-4-3-5-10-17)26-13-28(23(19)30)15(2)24(31)32-12-16-8-6-7-11-18(16)25/h3-11,13,15H,12H2,1-2H3,(H,27,29)/t15-/m1/s1. The first-order valence-corrected chi connectivity index (χ1v) is 11.3. The van der Waals surface area contributed by atoms with E-state index in [0.29, 0.717) is 36.9 Å². The zero-order chi connectivity index (χ0) is 23.5. The summed E-state index contributed by atoms with van der Waals surface area (Å²) in [6.45, 7) is 3.26. The highest BCUT2D eigenvalue weighted by atomic mass is 35.5. The largest absolute Gasteiger partial charge is 0.459 e. The number of hydrogen-bond donors (Lipinski definition) is 1. The fourth-order valence-electron chi connectivity index (χ4n) is 3.34. The average molecular weight is 482 g/mol. The summed E-state index contributed by atoms with van der Waals surface area (Å²) in [7, 11) is 0. The molecule has 2 aromatic heterocycles. The van der Waals surface area contributed by atoms with Gasteiger partial charge in [0, 0.05) is 16.3 Å². The highest BCUT2D eigenvalue weighted by Crippen LogP contribution is 2.28. The molecule has 0 fully saturated rings. The number of para-hydroxylation sites is 1. The number of aromatic nitrogens is 2. The summed E-state index contributed by atoms with van der Waals surface area (Å²) in [5.74, 6) is -0.909. The number of amides is 1. The van der Waals surface area contributed by atoms with E-state index in [9.17, 15) is 14.4 Å². The van der Waals surface area contributed by atoms with Crippen LogP contribution in [-0.2, 0) is 16.1 Å². The van der Waals surface area contributed by atoms with E-state index in [4.69, 9.17) is 16.3 Å². The van der Waals surface area contributed by atoms with Crippen LogP contribution in [-0.4, -0.2) is 21.4 Å². The van der Waals surface area contributed by atoms with Crippen molar-refractivity contribution >= 4 is 50.7 Å². The Morgan fingerprint density at radius 3 is 2.58 bits per heavy atom. The number of carbonyl (C=O) groups excluding carboxylic acids is 2. The van der Waals surface area contributed by atoms with Crippen LogP contribution in [0.5, 0.6) is 0 Å². The number of esters is 1. The quantitative estimate of drug-likeness (QED) is 0.392. The minimum absolute atomic E-state index is 0.00540. The molecule has 0 unspecified atom stereocenters. The average Bonchev–Trinajstić information content (AvgIpc) is 3.16. The molecule has 0 radical (unpaired) electrons. The van der Waals surface area contributed by atoms with Crippen LogP contribution >= 0.6 is 22.9 Å². The maximum atomic E-state index is 13.2. The molecule has 0 spiro atoms. The van der Waals surface area contributed by atoms with E-state index in [2.05, 4.69) is 10.3 Å². The minimum atomic E-state index is -0.905. The number of nitrogens with one attached hydrogen (secondary N) is 1. The summed E-state index contributed by atoms with van der Waals surface area (Å²) in [5, 5.41) is 3.63. The smallest absolute Gasteiger partial charge is 0.329 e. The molecule has 7 nitrogen and oxygen atoms in total. The van der Waals surface area contributed by atoms with Crippen LogP contribution in [0.25, 0.3) is 10.2 Å². The number of carbonyl (C=O) groups is 2. The van der Waals surface area contributed by atoms with Crippen LogP contribution in [0.3, 0.4) is 0 Å². The van der Waals surface area contributed by atoms with Crippen molar-refractivity contribution in [2.24, 2.45) is 0 Å². The molecule has 0 saturated carbocycles. The molecule has 0 aliphatic carbocycles. The van der Waals surface area contributed by atoms with Gasteiger partial charge in [-0.2, -0.15) is 0 Å². The normalized spacial score (nSPS) is 11.8. The van der Waals surface area contributed by atoms with Gasteiger partial charge in [0.25, 0.3) is 11.5 Å². The zero-order valence-corrected chi connectivity index (χ0v) is 19.4. The molecule has 0 bridgehead atoms. The Kier molecular flexibility index (Phi) is 6.57. The van der Waals surface area contributed by atoms with Crippen LogP contribution in [0.2, 0.25) is 5.02 Å². The summed E-state index contributed by atoms with van der Waals surface area (Å²) in [6, 6.07) is 15.2. The molecular weight excluding hydrogens is 462 g/mol. The topological polar surface area (TPSA) is 90.3 Å². The number of anilines is 1. The summed E-state index contributed by atoms with van der Waals surface area (Å²) < 4.78 is 6.58. The van der Waals surface area contributed by atoms with Crippen molar-refractivity contribution in [3.63, 3.8) is 0 Å². The van der Waals surface area contributed by atoms with Gasteiger partial charge in [-0.3, -0.25) is 14.2 Å². The molecule has 4 aromatic rings. The van der Waals surface area contributed by atoms with Gasteiger partial charge in [0.05, 0.1) is 16.6 Å². The molecule has 9 heteroatoms. The lowest BCUT2D eigenvalue weighted by atomic mass is 10.2. The first-order valence-electron chi connectivity index (χ1n) is 10.1. The molecule has 1 amide bonds. The predicted octanol–water partition coefficient (Wildman–Crippen LogP) is 4.98. The lowest BCUT2D eigenvalue weighted by molar-refractivity contribution is -0.148. The number of ether oxygens (including phenoxy) is 1. The number of thiophene rings is 1. The SMILES string of the molecule is Cc1c(C(=O)Nc2ccccc2)sc2ncn([C@H](C)C(=O)OCc3ccccc3Cl)c(=O)c12. The number of nitrogens with zero attached hydrogens (tertiary/aromatic N) is 2. The van der Waals surface area contributed by atoms with Gasteiger partial charge in [0.15, 0.2) is 0 Å². The molecule has 33 heavy (non-hydrogen) atoms. The third-order valence-corrected chi connectivity index (χ3v) is 6.77. The van der Waals surface area contributed by atoms with Crippen molar-refractivity contribution in [3.05, 3.63) is 92.3 Å². The van der Waals surface area contributed by atoms with Crippen LogP contribution < -0.4 is 10.9 Å². The van der Waals surface area contributed by atoms with Crippen LogP contribution in [0.1, 0.15) is 33.8 Å². The van der Waals surface area contributed by atoms with E-state index in [0.717, 1.165) is 11.3 Å². The molecule has 0 aliphatic rings. The van der Waals surface area contributed by atoms with E-state index in [1.807, 2.05) is 18.2 Å². The van der Waals surface area contributed by atoms with Gasteiger partial charge in [-0.25, -0.2) is 9.78 Å². The highest BCUT2D eigenvalue weighted by Gasteiger charge is 2.24. The third-order valence-electron chi connectivity index (χ3n) is 5.20. The molecule has 168 valence electrons. The molecule has 0 aliphatic heterocycles. The van der Waals surface area contributed by atoms with E-state index in [1.54, 1.807) is 50.2 Å². The predicted molar refractivity (Wildman–Crippen MR) is 129 cm³/mol. The monoisotopic (exact) mass is 481 g/mol. The summed E-state index contributed by atoms with van der Waals surface area (Å²) in [6.07, 6.45) is 1.31. The summed E-state index contributed by atoms with van der Waals surface area (Å²) in [5.41, 5.74) is 1.43. The van der Waals surface area contributed by atoms with E-state index >= 15 is 0 Å². The first kappa shape index (κ1) is 22.7. The van der Waals surface area contributed by atoms with Gasteiger partial charge in [-0.1, -0.05) is 48.0 Å². The Labute approximate surface area is 198 Å². The highest BCUT2D eigenvalue weighted by molar-refractivity contribution is 7.20. The maximum absolute atomic E-state index is 13.2. The molecular formula is C24H20ClN3O4S. The van der Waals surface area contributed by atoms with Crippen LogP contribution in [0.15, 0.2) is 65.7 Å². The Hall–Kier alpha value is -3.49. The van der Waals surface area contributed by atoms with Gasteiger partial charge in [-0.15, -0.1) is 11.3 Å². The molecule has 4 rings (SSSR count). The number of fused-ring (bicyclic) bond motifs is 1. The number of hydrogen-bond acceptors (Lipinski definition) is 6. The third kappa shape index (κ3) is 4.67. The Bertz CT molecular complexity index is 1400. The fraction of sp³-hybridized carbons (Fsp3) is 0.167. The van der Waals surface area contributed by atoms with Crippen LogP contribution in [0, 0.1) is 6.92 Å². The second kappa shape index (κ2) is 9.56. The van der Waals surface area contributed by atoms with Gasteiger partial charge < -0.3 is 10.1 Å². The Morgan fingerprint density at radius 2 is 1.85 bits per heavy atom. The van der Waals surface area contributed by atoms with Gasteiger partial charge in [0.2, 0.25) is 0 Å². The number of halogens is 1. The second-order valence-corrected chi connectivity index (χ2v) is 8.79. The first-order chi connectivity index (χ1) is 15.9. The van der Waals surface area contributed by atoms with Crippen molar-refractivity contribution in [1.29, 1.82) is 0 Å². The summed E-state index contributed by atoms with van der Waals surface area (Å²) >= 11 is 7.24. The van der Waals surface area contributed by atoms with Crippen molar-refractivity contribution in [2.75, 3.05) is 5.32 Å². The molecule has 0 saturated heterocycles. The lowest BCUT2D eigenvalue weighted by Crippen LogP contribution is -2.29. The molecule has 1 atom stereocenters. The number of benzene rings is 2. The van der Waals surface area contributed by atoms with Crippen molar-refractivity contribution in [3.8, 4) is 0 Å². The Morgan fingerprint density at radius 1 is 1.15 bits per heavy atom. The number of rotatable bonds is 6. The van der Waals surface area contributed by atoms with E-state index in [-0.39, 0.29) is 12.5 Å². The minimum Gasteiger partial charge on any atom is -0.459 e. The second-order valence-electron chi connectivity index (χ2n) is 7.39. The van der Waals surface area contributed by atoms with E-state index < -0.39 is 17.6 Å². The van der Waals surface area contributed by atoms with Crippen molar-refractivity contribution in [1.82, 2.24) is 9.55 Å². The van der Waals surface area contributed by atoms with Gasteiger partial charge in [-0.05, 0) is 37.6 Å². The van der Waals surface area contributed by atoms with Gasteiger partial charge in [0.1, 0.15) is 17.5 Å². The maximum Gasteiger partial charge on any atom is 0.329 e. The van der Waals surface area contributed by atoms with Crippen molar-refractivity contribution in [2.45, 2.75) is 26.5 Å².